The molecule has 1 heterocycles. The van der Waals surface area contributed by atoms with Gasteiger partial charge in [0, 0.05) is 30.0 Å². The van der Waals surface area contributed by atoms with Gasteiger partial charge in [0.05, 0.1) is 0 Å². The standard InChI is InChI=1S/C16H25N3O/c1-11-5-3-4-6-15(11)20-16-18-10-13(12(2)19-16)9-17-14-7-8-14/h10-11,14-15,17H,3-9H2,1-2H3. The summed E-state index contributed by atoms with van der Waals surface area (Å²) in [6, 6.07) is 1.27. The topological polar surface area (TPSA) is 47.0 Å². The van der Waals surface area contributed by atoms with Gasteiger partial charge in [0.2, 0.25) is 0 Å². The molecule has 0 aromatic carbocycles. The number of ether oxygens (including phenoxy) is 1. The van der Waals surface area contributed by atoms with Gasteiger partial charge in [-0.05, 0) is 44.9 Å². The van der Waals surface area contributed by atoms with Gasteiger partial charge in [-0.2, -0.15) is 0 Å². The molecule has 0 aliphatic heterocycles. The maximum Gasteiger partial charge on any atom is 0.316 e. The van der Waals surface area contributed by atoms with E-state index in [0.717, 1.165) is 18.7 Å². The van der Waals surface area contributed by atoms with Crippen molar-refractivity contribution in [2.24, 2.45) is 5.92 Å². The van der Waals surface area contributed by atoms with Crippen molar-refractivity contribution in [1.82, 2.24) is 15.3 Å². The number of rotatable bonds is 5. The van der Waals surface area contributed by atoms with Crippen LogP contribution in [0.3, 0.4) is 0 Å². The van der Waals surface area contributed by atoms with Crippen LogP contribution >= 0.6 is 0 Å². The lowest BCUT2D eigenvalue weighted by atomic mass is 9.88. The van der Waals surface area contributed by atoms with Crippen LogP contribution in [-0.2, 0) is 6.54 Å². The predicted molar refractivity (Wildman–Crippen MR) is 78.7 cm³/mol. The van der Waals surface area contributed by atoms with Gasteiger partial charge in [-0.15, -0.1) is 0 Å². The van der Waals surface area contributed by atoms with Gasteiger partial charge in [-0.1, -0.05) is 13.3 Å². The Morgan fingerprint density at radius 3 is 2.75 bits per heavy atom. The molecule has 4 nitrogen and oxygen atoms in total. The van der Waals surface area contributed by atoms with E-state index >= 15 is 0 Å². The molecule has 2 fully saturated rings. The second-order valence-electron chi connectivity index (χ2n) is 6.34. The van der Waals surface area contributed by atoms with Crippen LogP contribution in [0.2, 0.25) is 0 Å². The van der Waals surface area contributed by atoms with E-state index in [-0.39, 0.29) is 0 Å². The molecule has 0 amide bonds. The van der Waals surface area contributed by atoms with Gasteiger partial charge in [-0.3, -0.25) is 0 Å². The summed E-state index contributed by atoms with van der Waals surface area (Å²) in [6.45, 7) is 5.18. The molecule has 110 valence electrons. The highest BCUT2D eigenvalue weighted by molar-refractivity contribution is 5.18. The minimum absolute atomic E-state index is 0.290. The van der Waals surface area contributed by atoms with Crippen LogP contribution < -0.4 is 10.1 Å². The van der Waals surface area contributed by atoms with E-state index in [0.29, 0.717) is 24.1 Å². The van der Waals surface area contributed by atoms with Crippen LogP contribution in [0.1, 0.15) is 56.7 Å². The van der Waals surface area contributed by atoms with E-state index < -0.39 is 0 Å². The molecule has 1 N–H and O–H groups in total. The van der Waals surface area contributed by atoms with Crippen LogP contribution in [0.15, 0.2) is 6.20 Å². The summed E-state index contributed by atoms with van der Waals surface area (Å²) in [6.07, 6.45) is 9.80. The molecule has 3 rings (SSSR count). The number of hydrogen-bond donors (Lipinski definition) is 1. The van der Waals surface area contributed by atoms with Gasteiger partial charge >= 0.3 is 6.01 Å². The molecule has 0 saturated heterocycles. The summed E-state index contributed by atoms with van der Waals surface area (Å²) in [5.41, 5.74) is 2.22. The highest BCUT2D eigenvalue weighted by Crippen LogP contribution is 2.27. The first-order chi connectivity index (χ1) is 9.72. The molecule has 0 bridgehead atoms. The fraction of sp³-hybridized carbons (Fsp3) is 0.750. The predicted octanol–water partition coefficient (Wildman–Crippen LogP) is 2.99. The molecule has 1 aromatic heterocycles. The lowest BCUT2D eigenvalue weighted by Gasteiger charge is -2.28. The monoisotopic (exact) mass is 275 g/mol. The van der Waals surface area contributed by atoms with Crippen LogP contribution in [-0.4, -0.2) is 22.1 Å². The molecule has 2 atom stereocenters. The van der Waals surface area contributed by atoms with Crippen LogP contribution in [0.25, 0.3) is 0 Å². The number of nitrogens with zero attached hydrogens (tertiary/aromatic N) is 2. The molecule has 1 aromatic rings. The second-order valence-corrected chi connectivity index (χ2v) is 6.34. The molecule has 2 aliphatic carbocycles. The van der Waals surface area contributed by atoms with Gasteiger partial charge in [0.1, 0.15) is 6.10 Å². The number of nitrogens with one attached hydrogen (secondary N) is 1. The van der Waals surface area contributed by atoms with E-state index in [2.05, 4.69) is 22.2 Å². The largest absolute Gasteiger partial charge is 0.460 e. The van der Waals surface area contributed by atoms with Crippen LogP contribution in [0.4, 0.5) is 0 Å². The third-order valence-electron chi connectivity index (χ3n) is 4.51. The lowest BCUT2D eigenvalue weighted by molar-refractivity contribution is 0.0920. The Morgan fingerprint density at radius 1 is 1.25 bits per heavy atom. The van der Waals surface area contributed by atoms with E-state index in [1.165, 1.54) is 37.7 Å². The zero-order chi connectivity index (χ0) is 13.9. The smallest absolute Gasteiger partial charge is 0.316 e. The van der Waals surface area contributed by atoms with Crippen molar-refractivity contribution in [3.05, 3.63) is 17.5 Å². The Kier molecular flexibility index (Phi) is 4.20. The Bertz CT molecular complexity index is 459. The normalized spacial score (nSPS) is 26.5. The number of aryl methyl sites for hydroxylation is 1. The van der Waals surface area contributed by atoms with Crippen molar-refractivity contribution in [1.29, 1.82) is 0 Å². The number of hydrogen-bond acceptors (Lipinski definition) is 4. The van der Waals surface area contributed by atoms with Crippen molar-refractivity contribution in [2.75, 3.05) is 0 Å². The minimum Gasteiger partial charge on any atom is -0.460 e. The Hall–Kier alpha value is -1.16. The molecule has 0 spiro atoms. The first-order valence-electron chi connectivity index (χ1n) is 7.95. The van der Waals surface area contributed by atoms with Crippen LogP contribution in [0.5, 0.6) is 6.01 Å². The molecule has 2 unspecified atom stereocenters. The highest BCUT2D eigenvalue weighted by Gasteiger charge is 2.24. The van der Waals surface area contributed by atoms with Gasteiger partial charge in [0.25, 0.3) is 0 Å². The minimum atomic E-state index is 0.290. The molecule has 20 heavy (non-hydrogen) atoms. The van der Waals surface area contributed by atoms with Gasteiger partial charge in [-0.25, -0.2) is 9.97 Å². The summed E-state index contributed by atoms with van der Waals surface area (Å²) >= 11 is 0. The van der Waals surface area contributed by atoms with Crippen molar-refractivity contribution in [3.63, 3.8) is 0 Å². The molecule has 0 radical (unpaired) electrons. The fourth-order valence-corrected chi connectivity index (χ4v) is 2.84. The van der Waals surface area contributed by atoms with E-state index in [1.54, 1.807) is 0 Å². The van der Waals surface area contributed by atoms with Gasteiger partial charge in [0.15, 0.2) is 0 Å². The van der Waals surface area contributed by atoms with Crippen molar-refractivity contribution < 1.29 is 4.74 Å². The average Bonchev–Trinajstić information content (AvgIpc) is 3.25. The third-order valence-corrected chi connectivity index (χ3v) is 4.51. The summed E-state index contributed by atoms with van der Waals surface area (Å²) in [4.78, 5) is 8.92. The average molecular weight is 275 g/mol. The van der Waals surface area contributed by atoms with Crippen molar-refractivity contribution in [2.45, 2.75) is 71.1 Å². The van der Waals surface area contributed by atoms with E-state index in [9.17, 15) is 0 Å². The zero-order valence-electron chi connectivity index (χ0n) is 12.6. The first kappa shape index (κ1) is 13.8. The molecular weight excluding hydrogens is 250 g/mol. The third kappa shape index (κ3) is 3.48. The summed E-state index contributed by atoms with van der Waals surface area (Å²) in [5, 5.41) is 3.50. The Morgan fingerprint density at radius 2 is 2.05 bits per heavy atom. The maximum atomic E-state index is 6.00. The quantitative estimate of drug-likeness (QED) is 0.897. The Labute approximate surface area is 121 Å². The van der Waals surface area contributed by atoms with Crippen molar-refractivity contribution >= 4 is 0 Å². The SMILES string of the molecule is Cc1nc(OC2CCCCC2C)ncc1CNC1CC1. The second kappa shape index (κ2) is 6.08. The van der Waals surface area contributed by atoms with E-state index in [4.69, 9.17) is 4.74 Å². The summed E-state index contributed by atoms with van der Waals surface area (Å²) in [5.74, 6) is 0.615. The Balaban J connectivity index is 1.60. The summed E-state index contributed by atoms with van der Waals surface area (Å²) < 4.78 is 6.00. The van der Waals surface area contributed by atoms with E-state index in [1.807, 2.05) is 13.1 Å². The zero-order valence-corrected chi connectivity index (χ0v) is 12.6. The fourth-order valence-electron chi connectivity index (χ4n) is 2.84. The maximum absolute atomic E-state index is 6.00. The molecular formula is C16H25N3O. The summed E-state index contributed by atoms with van der Waals surface area (Å²) in [7, 11) is 0. The first-order valence-corrected chi connectivity index (χ1v) is 7.95. The van der Waals surface area contributed by atoms with Crippen LogP contribution in [0, 0.1) is 12.8 Å². The molecule has 2 saturated carbocycles. The highest BCUT2D eigenvalue weighted by atomic mass is 16.5. The van der Waals surface area contributed by atoms with Crippen molar-refractivity contribution in [3.8, 4) is 6.01 Å². The number of aromatic nitrogens is 2. The lowest BCUT2D eigenvalue weighted by Crippen LogP contribution is -2.29. The van der Waals surface area contributed by atoms with Gasteiger partial charge < -0.3 is 10.1 Å². The molecule has 2 aliphatic rings. The molecule has 4 heteroatoms.